The summed E-state index contributed by atoms with van der Waals surface area (Å²) >= 11 is 3.35. The molecule has 0 aliphatic rings. The SMILES string of the molecule is C[NH+](CC(=O)Nc1ccccc1Sc1ccccc1)Cc1ccsc1. The molecule has 128 valence electrons. The van der Waals surface area contributed by atoms with Crippen molar-refractivity contribution in [2.24, 2.45) is 0 Å². The second-order valence-corrected chi connectivity index (χ2v) is 7.80. The summed E-state index contributed by atoms with van der Waals surface area (Å²) in [4.78, 5) is 15.8. The van der Waals surface area contributed by atoms with Crippen LogP contribution in [0.5, 0.6) is 0 Å². The van der Waals surface area contributed by atoms with Crippen molar-refractivity contribution in [3.63, 3.8) is 0 Å². The molecule has 1 aromatic heterocycles. The van der Waals surface area contributed by atoms with Gasteiger partial charge in [0.15, 0.2) is 6.54 Å². The summed E-state index contributed by atoms with van der Waals surface area (Å²) < 4.78 is 0. The zero-order valence-electron chi connectivity index (χ0n) is 14.1. The molecule has 2 aromatic carbocycles. The second kappa shape index (κ2) is 8.85. The van der Waals surface area contributed by atoms with Gasteiger partial charge in [-0.1, -0.05) is 42.1 Å². The maximum atomic E-state index is 12.4. The largest absolute Gasteiger partial charge is 0.326 e. The van der Waals surface area contributed by atoms with Gasteiger partial charge in [0.25, 0.3) is 5.91 Å². The fourth-order valence-electron chi connectivity index (χ4n) is 2.55. The fourth-order valence-corrected chi connectivity index (χ4v) is 4.14. The Morgan fingerprint density at radius 1 is 1.08 bits per heavy atom. The van der Waals surface area contributed by atoms with Gasteiger partial charge in [0.2, 0.25) is 0 Å². The number of carbonyl (C=O) groups is 1. The van der Waals surface area contributed by atoms with Crippen LogP contribution in [0.25, 0.3) is 0 Å². The summed E-state index contributed by atoms with van der Waals surface area (Å²) in [5.74, 6) is 0.0360. The Kier molecular flexibility index (Phi) is 6.28. The van der Waals surface area contributed by atoms with Gasteiger partial charge in [-0.05, 0) is 41.1 Å². The first-order chi connectivity index (χ1) is 12.2. The van der Waals surface area contributed by atoms with Crippen LogP contribution in [0.3, 0.4) is 0 Å². The van der Waals surface area contributed by atoms with Gasteiger partial charge in [0, 0.05) is 15.4 Å². The van der Waals surface area contributed by atoms with Crippen LogP contribution < -0.4 is 10.2 Å². The van der Waals surface area contributed by atoms with Gasteiger partial charge in [-0.15, -0.1) is 0 Å². The third kappa shape index (κ3) is 5.46. The normalized spacial score (nSPS) is 11.9. The van der Waals surface area contributed by atoms with E-state index in [0.29, 0.717) is 6.54 Å². The molecule has 3 rings (SSSR count). The van der Waals surface area contributed by atoms with Crippen molar-refractivity contribution >= 4 is 34.7 Å². The standard InChI is InChI=1S/C20H20N2OS2/c1-22(13-16-11-12-24-15-16)14-20(23)21-18-9-5-6-10-19(18)25-17-7-3-2-4-8-17/h2-12,15H,13-14H2,1H3,(H,21,23)/p+1. The molecule has 0 spiro atoms. The van der Waals surface area contributed by atoms with E-state index in [9.17, 15) is 4.79 Å². The molecule has 2 N–H and O–H groups in total. The number of benzene rings is 2. The topological polar surface area (TPSA) is 33.5 Å². The lowest BCUT2D eigenvalue weighted by atomic mass is 10.3. The van der Waals surface area contributed by atoms with Crippen LogP contribution in [0.4, 0.5) is 5.69 Å². The molecule has 0 saturated heterocycles. The van der Waals surface area contributed by atoms with Crippen molar-refractivity contribution in [2.45, 2.75) is 16.3 Å². The highest BCUT2D eigenvalue weighted by Gasteiger charge is 2.13. The summed E-state index contributed by atoms with van der Waals surface area (Å²) in [6, 6.07) is 20.2. The average molecular weight is 370 g/mol. The van der Waals surface area contributed by atoms with Gasteiger partial charge in [0.05, 0.1) is 12.7 Å². The molecule has 1 unspecified atom stereocenters. The number of hydrogen-bond donors (Lipinski definition) is 2. The summed E-state index contributed by atoms with van der Waals surface area (Å²) in [6.45, 7) is 1.30. The number of anilines is 1. The van der Waals surface area contributed by atoms with E-state index in [2.05, 4.69) is 34.3 Å². The van der Waals surface area contributed by atoms with E-state index in [0.717, 1.165) is 22.0 Å². The van der Waals surface area contributed by atoms with Gasteiger partial charge in [-0.2, -0.15) is 11.3 Å². The number of hydrogen-bond acceptors (Lipinski definition) is 3. The highest BCUT2D eigenvalue weighted by molar-refractivity contribution is 7.99. The van der Waals surface area contributed by atoms with Crippen molar-refractivity contribution < 1.29 is 9.69 Å². The van der Waals surface area contributed by atoms with Crippen molar-refractivity contribution in [2.75, 3.05) is 18.9 Å². The van der Waals surface area contributed by atoms with Crippen molar-refractivity contribution in [3.8, 4) is 0 Å². The quantitative estimate of drug-likeness (QED) is 0.668. The van der Waals surface area contributed by atoms with Crippen LogP contribution in [0.15, 0.2) is 81.2 Å². The molecule has 0 fully saturated rings. The molecule has 3 nitrogen and oxygen atoms in total. The van der Waals surface area contributed by atoms with Crippen LogP contribution >= 0.6 is 23.1 Å². The molecule has 0 saturated carbocycles. The van der Waals surface area contributed by atoms with Crippen LogP contribution in [-0.2, 0) is 11.3 Å². The lowest BCUT2D eigenvalue weighted by Gasteiger charge is -2.14. The molecule has 1 amide bonds. The molecule has 0 radical (unpaired) electrons. The summed E-state index contributed by atoms with van der Waals surface area (Å²) in [5.41, 5.74) is 2.14. The van der Waals surface area contributed by atoms with Crippen molar-refractivity contribution in [1.82, 2.24) is 0 Å². The van der Waals surface area contributed by atoms with E-state index < -0.39 is 0 Å². The molecule has 1 heterocycles. The summed E-state index contributed by atoms with van der Waals surface area (Å²) in [5, 5.41) is 7.26. The van der Waals surface area contributed by atoms with E-state index in [1.165, 1.54) is 10.5 Å². The van der Waals surface area contributed by atoms with Crippen molar-refractivity contribution in [3.05, 3.63) is 77.0 Å². The predicted molar refractivity (Wildman–Crippen MR) is 105 cm³/mol. The number of likely N-dealkylation sites (N-methyl/N-ethyl adjacent to an activating group) is 1. The second-order valence-electron chi connectivity index (χ2n) is 5.90. The maximum absolute atomic E-state index is 12.4. The third-order valence-corrected chi connectivity index (χ3v) is 5.50. The molecule has 0 aliphatic carbocycles. The van der Waals surface area contributed by atoms with Crippen molar-refractivity contribution in [1.29, 1.82) is 0 Å². The number of para-hydroxylation sites is 1. The predicted octanol–water partition coefficient (Wildman–Crippen LogP) is 3.55. The van der Waals surface area contributed by atoms with Gasteiger partial charge >= 0.3 is 0 Å². The minimum Gasteiger partial charge on any atom is -0.326 e. The van der Waals surface area contributed by atoms with E-state index in [1.807, 2.05) is 49.5 Å². The minimum absolute atomic E-state index is 0.0360. The summed E-state index contributed by atoms with van der Waals surface area (Å²) in [7, 11) is 2.04. The highest BCUT2D eigenvalue weighted by atomic mass is 32.2. The van der Waals surface area contributed by atoms with Crippen LogP contribution in [0, 0.1) is 0 Å². The van der Waals surface area contributed by atoms with Gasteiger partial charge in [-0.3, -0.25) is 4.79 Å². The lowest BCUT2D eigenvalue weighted by molar-refractivity contribution is -0.885. The molecular formula is C20H21N2OS2+. The van der Waals surface area contributed by atoms with Gasteiger partial charge in [0.1, 0.15) is 6.54 Å². The molecule has 25 heavy (non-hydrogen) atoms. The smallest absolute Gasteiger partial charge is 0.279 e. The molecule has 0 bridgehead atoms. The highest BCUT2D eigenvalue weighted by Crippen LogP contribution is 2.32. The Balaban J connectivity index is 1.61. The zero-order valence-corrected chi connectivity index (χ0v) is 15.7. The number of nitrogens with one attached hydrogen (secondary N) is 2. The molecule has 3 aromatic rings. The van der Waals surface area contributed by atoms with Gasteiger partial charge in [-0.25, -0.2) is 0 Å². The Labute approximate surface area is 156 Å². The first-order valence-electron chi connectivity index (χ1n) is 8.15. The fraction of sp³-hybridized carbons (Fsp3) is 0.150. The van der Waals surface area contributed by atoms with E-state index in [4.69, 9.17) is 0 Å². The summed E-state index contributed by atoms with van der Waals surface area (Å²) in [6.07, 6.45) is 0. The number of thiophene rings is 1. The van der Waals surface area contributed by atoms with Gasteiger partial charge < -0.3 is 10.2 Å². The Hall–Kier alpha value is -2.08. The Morgan fingerprint density at radius 3 is 2.60 bits per heavy atom. The first-order valence-corrected chi connectivity index (χ1v) is 9.91. The number of carbonyl (C=O) groups excluding carboxylic acids is 1. The van der Waals surface area contributed by atoms with Crippen LogP contribution in [-0.4, -0.2) is 19.5 Å². The van der Waals surface area contributed by atoms with Crippen LogP contribution in [0.1, 0.15) is 5.56 Å². The minimum atomic E-state index is 0.0360. The maximum Gasteiger partial charge on any atom is 0.279 e. The lowest BCUT2D eigenvalue weighted by Crippen LogP contribution is -3.08. The monoisotopic (exact) mass is 369 g/mol. The third-order valence-electron chi connectivity index (χ3n) is 3.68. The number of rotatable bonds is 7. The van der Waals surface area contributed by atoms with E-state index >= 15 is 0 Å². The molecule has 5 heteroatoms. The van der Waals surface area contributed by atoms with Crippen LogP contribution in [0.2, 0.25) is 0 Å². The van der Waals surface area contributed by atoms with E-state index in [-0.39, 0.29) is 5.91 Å². The number of quaternary nitrogens is 1. The Bertz CT molecular complexity index is 804. The molecule has 0 aliphatic heterocycles. The number of amides is 1. The molecular weight excluding hydrogens is 348 g/mol. The van der Waals surface area contributed by atoms with E-state index in [1.54, 1.807) is 23.1 Å². The molecule has 1 atom stereocenters. The first kappa shape index (κ1) is 17.7. The average Bonchev–Trinajstić information content (AvgIpc) is 3.10. The Morgan fingerprint density at radius 2 is 1.84 bits per heavy atom. The zero-order chi connectivity index (χ0) is 17.5.